The number of hydrogen-bond donors (Lipinski definition) is 0. The molecule has 1 aliphatic rings. The van der Waals surface area contributed by atoms with Gasteiger partial charge >= 0.3 is 5.69 Å². The fraction of sp³-hybridized carbons (Fsp3) is 0.235. The number of benzene rings is 1. The van der Waals surface area contributed by atoms with Gasteiger partial charge in [0.2, 0.25) is 5.82 Å². The Balaban J connectivity index is 1.71. The molecule has 0 bridgehead atoms. The third kappa shape index (κ3) is 2.52. The van der Waals surface area contributed by atoms with Crippen LogP contribution in [0, 0.1) is 0 Å². The second kappa shape index (κ2) is 5.39. The molecule has 0 N–H and O–H groups in total. The minimum atomic E-state index is -0.261. The highest BCUT2D eigenvalue weighted by molar-refractivity contribution is 5.95. The number of hydrogen-bond acceptors (Lipinski definition) is 4. The Labute approximate surface area is 132 Å². The molecule has 2 aromatic heterocycles. The molecule has 0 spiro atoms. The second-order valence-corrected chi connectivity index (χ2v) is 5.63. The molecule has 116 valence electrons. The van der Waals surface area contributed by atoms with Gasteiger partial charge in [-0.05, 0) is 25.0 Å². The maximum atomic E-state index is 12.6. The first kappa shape index (κ1) is 13.8. The fourth-order valence-electron chi connectivity index (χ4n) is 2.61. The molecule has 6 nitrogen and oxygen atoms in total. The number of furan rings is 1. The highest BCUT2D eigenvalue weighted by atomic mass is 16.3. The molecule has 0 atom stereocenters. The van der Waals surface area contributed by atoms with Crippen LogP contribution in [0.3, 0.4) is 0 Å². The van der Waals surface area contributed by atoms with Crippen LogP contribution in [0.25, 0.3) is 11.6 Å². The Morgan fingerprint density at radius 1 is 1.17 bits per heavy atom. The van der Waals surface area contributed by atoms with Crippen molar-refractivity contribution in [3.05, 3.63) is 64.8 Å². The highest BCUT2D eigenvalue weighted by Gasteiger charge is 2.31. The maximum Gasteiger partial charge on any atom is 0.346 e. The summed E-state index contributed by atoms with van der Waals surface area (Å²) in [6, 6.07) is 12.6. The molecule has 0 unspecified atom stereocenters. The molecule has 3 aromatic rings. The van der Waals surface area contributed by atoms with Crippen molar-refractivity contribution in [2.75, 3.05) is 0 Å². The summed E-state index contributed by atoms with van der Waals surface area (Å²) < 4.78 is 8.24. The van der Waals surface area contributed by atoms with E-state index < -0.39 is 0 Å². The molecule has 23 heavy (non-hydrogen) atoms. The largest absolute Gasteiger partial charge is 0.461 e. The molecule has 0 saturated heterocycles. The van der Waals surface area contributed by atoms with Crippen molar-refractivity contribution in [1.82, 2.24) is 14.3 Å². The topological polar surface area (TPSA) is 70.0 Å². The molecule has 1 saturated carbocycles. The van der Waals surface area contributed by atoms with E-state index in [0.717, 1.165) is 12.8 Å². The van der Waals surface area contributed by atoms with Crippen LogP contribution in [0.5, 0.6) is 0 Å². The molecule has 0 amide bonds. The van der Waals surface area contributed by atoms with E-state index in [1.54, 1.807) is 47.2 Å². The van der Waals surface area contributed by atoms with Gasteiger partial charge in [0.15, 0.2) is 11.5 Å². The van der Waals surface area contributed by atoms with Gasteiger partial charge in [-0.3, -0.25) is 9.36 Å². The summed E-state index contributed by atoms with van der Waals surface area (Å²) in [6.07, 6.45) is 3.45. The molecule has 2 heterocycles. The molecule has 4 rings (SSSR count). The zero-order valence-electron chi connectivity index (χ0n) is 12.4. The predicted molar refractivity (Wildman–Crippen MR) is 83.2 cm³/mol. The van der Waals surface area contributed by atoms with E-state index in [0.29, 0.717) is 17.1 Å². The Morgan fingerprint density at radius 2 is 1.96 bits per heavy atom. The SMILES string of the molecule is O=C(Cn1nc(-c2ccco2)n(C2CC2)c1=O)c1ccccc1. The summed E-state index contributed by atoms with van der Waals surface area (Å²) in [5.74, 6) is 0.891. The number of ketones is 1. The Morgan fingerprint density at radius 3 is 2.61 bits per heavy atom. The van der Waals surface area contributed by atoms with E-state index >= 15 is 0 Å². The Hall–Kier alpha value is -2.89. The van der Waals surface area contributed by atoms with Crippen molar-refractivity contribution >= 4 is 5.78 Å². The van der Waals surface area contributed by atoms with Crippen LogP contribution < -0.4 is 5.69 Å². The highest BCUT2D eigenvalue weighted by Crippen LogP contribution is 2.36. The van der Waals surface area contributed by atoms with Crippen LogP contribution in [0.4, 0.5) is 0 Å². The summed E-state index contributed by atoms with van der Waals surface area (Å²) in [7, 11) is 0. The van der Waals surface area contributed by atoms with Crippen molar-refractivity contribution in [3.8, 4) is 11.6 Å². The number of aromatic nitrogens is 3. The summed E-state index contributed by atoms with van der Waals surface area (Å²) in [5, 5.41) is 4.33. The molecule has 1 aliphatic carbocycles. The fourth-order valence-corrected chi connectivity index (χ4v) is 2.61. The first-order valence-electron chi connectivity index (χ1n) is 7.55. The van der Waals surface area contributed by atoms with E-state index in [1.807, 2.05) is 6.07 Å². The standard InChI is InChI=1S/C17H15N3O3/c21-14(12-5-2-1-3-6-12)11-19-17(22)20(13-8-9-13)16(18-19)15-7-4-10-23-15/h1-7,10,13H,8-9,11H2. The second-order valence-electron chi connectivity index (χ2n) is 5.63. The average molecular weight is 309 g/mol. The summed E-state index contributed by atoms with van der Waals surface area (Å²) >= 11 is 0. The molecule has 6 heteroatoms. The molecule has 1 fully saturated rings. The predicted octanol–water partition coefficient (Wildman–Crippen LogP) is 2.52. The lowest BCUT2D eigenvalue weighted by Crippen LogP contribution is -2.27. The van der Waals surface area contributed by atoms with Gasteiger partial charge in [0.25, 0.3) is 0 Å². The summed E-state index contributed by atoms with van der Waals surface area (Å²) in [6.45, 7) is -0.0731. The average Bonchev–Trinajstić information content (AvgIpc) is 3.15. The zero-order chi connectivity index (χ0) is 15.8. The third-order valence-corrected chi connectivity index (χ3v) is 3.91. The van der Waals surface area contributed by atoms with Gasteiger partial charge in [0, 0.05) is 11.6 Å². The van der Waals surface area contributed by atoms with E-state index in [2.05, 4.69) is 5.10 Å². The molecule has 0 aliphatic heterocycles. The minimum Gasteiger partial charge on any atom is -0.461 e. The van der Waals surface area contributed by atoms with E-state index in [9.17, 15) is 9.59 Å². The number of nitrogens with zero attached hydrogens (tertiary/aromatic N) is 3. The quantitative estimate of drug-likeness (QED) is 0.679. The lowest BCUT2D eigenvalue weighted by molar-refractivity contribution is 0.0966. The molecular weight excluding hydrogens is 294 g/mol. The lowest BCUT2D eigenvalue weighted by Gasteiger charge is -2.00. The van der Waals surface area contributed by atoms with E-state index in [4.69, 9.17) is 4.42 Å². The molecule has 1 aromatic carbocycles. The smallest absolute Gasteiger partial charge is 0.346 e. The van der Waals surface area contributed by atoms with Crippen molar-refractivity contribution in [2.45, 2.75) is 25.4 Å². The van der Waals surface area contributed by atoms with Crippen LogP contribution in [-0.4, -0.2) is 20.1 Å². The van der Waals surface area contributed by atoms with Crippen LogP contribution in [0.2, 0.25) is 0 Å². The van der Waals surface area contributed by atoms with Gasteiger partial charge in [-0.1, -0.05) is 30.3 Å². The Kier molecular flexibility index (Phi) is 3.22. The monoisotopic (exact) mass is 309 g/mol. The van der Waals surface area contributed by atoms with Gasteiger partial charge in [0.1, 0.15) is 6.54 Å². The van der Waals surface area contributed by atoms with Crippen molar-refractivity contribution in [1.29, 1.82) is 0 Å². The summed E-state index contributed by atoms with van der Waals surface area (Å²) in [4.78, 5) is 24.9. The van der Waals surface area contributed by atoms with E-state index in [1.165, 1.54) is 4.68 Å². The zero-order valence-corrected chi connectivity index (χ0v) is 12.4. The van der Waals surface area contributed by atoms with Crippen molar-refractivity contribution < 1.29 is 9.21 Å². The molecular formula is C17H15N3O3. The van der Waals surface area contributed by atoms with Gasteiger partial charge in [-0.15, -0.1) is 5.10 Å². The Bertz CT molecular complexity index is 887. The van der Waals surface area contributed by atoms with Crippen LogP contribution in [-0.2, 0) is 6.54 Å². The summed E-state index contributed by atoms with van der Waals surface area (Å²) in [5.41, 5.74) is 0.308. The first-order valence-corrected chi connectivity index (χ1v) is 7.55. The van der Waals surface area contributed by atoms with Crippen molar-refractivity contribution in [3.63, 3.8) is 0 Å². The number of carbonyl (C=O) groups is 1. The van der Waals surface area contributed by atoms with Gasteiger partial charge < -0.3 is 4.42 Å². The minimum absolute atomic E-state index is 0.0731. The van der Waals surface area contributed by atoms with Crippen molar-refractivity contribution in [2.24, 2.45) is 0 Å². The maximum absolute atomic E-state index is 12.6. The molecule has 0 radical (unpaired) electrons. The first-order chi connectivity index (χ1) is 11.2. The third-order valence-electron chi connectivity index (χ3n) is 3.91. The van der Waals surface area contributed by atoms with Gasteiger partial charge in [-0.25, -0.2) is 9.48 Å². The lowest BCUT2D eigenvalue weighted by atomic mass is 10.1. The van der Waals surface area contributed by atoms with Crippen LogP contribution in [0.15, 0.2) is 57.9 Å². The number of rotatable bonds is 5. The van der Waals surface area contributed by atoms with Crippen LogP contribution >= 0.6 is 0 Å². The normalized spacial score (nSPS) is 14.1. The number of Topliss-reactive ketones (excluding diaryl/α,β-unsaturated/α-hetero) is 1. The number of carbonyl (C=O) groups excluding carboxylic acids is 1. The van der Waals surface area contributed by atoms with Crippen LogP contribution in [0.1, 0.15) is 29.2 Å². The van der Waals surface area contributed by atoms with Gasteiger partial charge in [0.05, 0.1) is 6.26 Å². The van der Waals surface area contributed by atoms with E-state index in [-0.39, 0.29) is 24.1 Å². The van der Waals surface area contributed by atoms with Gasteiger partial charge in [-0.2, -0.15) is 0 Å².